The third-order valence-corrected chi connectivity index (χ3v) is 5.11. The number of para-hydroxylation sites is 1. The first kappa shape index (κ1) is 17.4. The van der Waals surface area contributed by atoms with Gasteiger partial charge < -0.3 is 19.7 Å². The molecule has 1 amide bonds. The largest absolute Gasteiger partial charge is 0.506 e. The molecule has 6 nitrogen and oxygen atoms in total. The van der Waals surface area contributed by atoms with Gasteiger partial charge in [0.25, 0.3) is 11.5 Å². The van der Waals surface area contributed by atoms with Crippen LogP contribution in [0.5, 0.6) is 11.5 Å². The molecule has 1 aliphatic heterocycles. The molecule has 0 saturated heterocycles. The summed E-state index contributed by atoms with van der Waals surface area (Å²) in [6.45, 7) is 1.92. The van der Waals surface area contributed by atoms with E-state index in [-0.39, 0.29) is 17.4 Å². The van der Waals surface area contributed by atoms with Crippen LogP contribution in [0.15, 0.2) is 41.2 Å². The van der Waals surface area contributed by atoms with E-state index in [2.05, 4.69) is 5.32 Å². The number of aromatic nitrogens is 1. The summed E-state index contributed by atoms with van der Waals surface area (Å²) < 4.78 is 6.80. The van der Waals surface area contributed by atoms with E-state index >= 15 is 0 Å². The summed E-state index contributed by atoms with van der Waals surface area (Å²) in [5.41, 5.74) is 1.17. The minimum absolute atomic E-state index is 0.0924. The van der Waals surface area contributed by atoms with Crippen LogP contribution in [-0.2, 0) is 6.42 Å². The molecule has 0 saturated carbocycles. The predicted molar refractivity (Wildman–Crippen MR) is 104 cm³/mol. The lowest BCUT2D eigenvalue weighted by Crippen LogP contribution is -2.30. The van der Waals surface area contributed by atoms with Gasteiger partial charge in [0.1, 0.15) is 17.1 Å². The Hall–Kier alpha value is -2.99. The van der Waals surface area contributed by atoms with Crippen LogP contribution in [0.1, 0.15) is 28.9 Å². The second-order valence-corrected chi connectivity index (χ2v) is 7.00. The lowest BCUT2D eigenvalue weighted by Gasteiger charge is -2.15. The van der Waals surface area contributed by atoms with Crippen molar-refractivity contribution in [3.05, 3.63) is 62.9 Å². The fraction of sp³-hybridized carbons (Fsp3) is 0.200. The number of nitrogens with zero attached hydrogens (tertiary/aromatic N) is 1. The third kappa shape index (κ3) is 2.64. The maximum Gasteiger partial charge on any atom is 0.268 e. The number of nitrogens with one attached hydrogen (secondary N) is 1. The molecule has 0 fully saturated rings. The first-order valence-electron chi connectivity index (χ1n) is 8.46. The number of hydrogen-bond donors (Lipinski definition) is 2. The molecule has 1 aliphatic rings. The van der Waals surface area contributed by atoms with Crippen molar-refractivity contribution in [1.29, 1.82) is 0 Å². The Kier molecular flexibility index (Phi) is 4.08. The molecule has 2 aromatic carbocycles. The zero-order valence-corrected chi connectivity index (χ0v) is 15.5. The Labute approximate surface area is 160 Å². The Balaban J connectivity index is 1.88. The fourth-order valence-corrected chi connectivity index (χ4v) is 3.86. The molecule has 4 rings (SSSR count). The Morgan fingerprint density at radius 2 is 2.11 bits per heavy atom. The summed E-state index contributed by atoms with van der Waals surface area (Å²) >= 11 is 6.00. The number of amides is 1. The smallest absolute Gasteiger partial charge is 0.268 e. The maximum absolute atomic E-state index is 13.0. The lowest BCUT2D eigenvalue weighted by molar-refractivity contribution is 0.102. The molecule has 0 radical (unpaired) electrons. The first-order valence-corrected chi connectivity index (χ1v) is 8.84. The van der Waals surface area contributed by atoms with Crippen molar-refractivity contribution in [2.24, 2.45) is 0 Å². The number of carbonyl (C=O) groups is 1. The van der Waals surface area contributed by atoms with E-state index in [4.69, 9.17) is 16.3 Å². The quantitative estimate of drug-likeness (QED) is 0.720. The van der Waals surface area contributed by atoms with Crippen molar-refractivity contribution in [3.8, 4) is 11.5 Å². The minimum Gasteiger partial charge on any atom is -0.506 e. The van der Waals surface area contributed by atoms with Gasteiger partial charge in [-0.3, -0.25) is 9.59 Å². The van der Waals surface area contributed by atoms with Crippen LogP contribution in [0.2, 0.25) is 5.02 Å². The summed E-state index contributed by atoms with van der Waals surface area (Å²) in [5, 5.41) is 14.2. The van der Waals surface area contributed by atoms with Gasteiger partial charge in [-0.1, -0.05) is 23.7 Å². The fourth-order valence-electron chi connectivity index (χ4n) is 3.69. The number of aromatic hydroxyl groups is 1. The molecule has 0 spiro atoms. The molecule has 138 valence electrons. The van der Waals surface area contributed by atoms with Crippen LogP contribution in [0.4, 0.5) is 5.69 Å². The van der Waals surface area contributed by atoms with Crippen LogP contribution < -0.4 is 15.6 Å². The molecule has 0 unspecified atom stereocenters. The van der Waals surface area contributed by atoms with Gasteiger partial charge in [0.2, 0.25) is 0 Å². The molecule has 0 aliphatic carbocycles. The molecule has 0 bridgehead atoms. The number of halogens is 1. The number of ether oxygens (including phenoxy) is 1. The number of methoxy groups -OCH3 is 1. The SMILES string of the molecule is COc1ccc(Cl)cc1NC(=O)c1c(O)c2cccc3c2n(c1=O)[C@@H](C)C3. The third-order valence-electron chi connectivity index (χ3n) is 4.88. The predicted octanol–water partition coefficient (Wildman–Crippen LogP) is 3.74. The van der Waals surface area contributed by atoms with E-state index in [1.54, 1.807) is 22.8 Å². The number of pyridine rings is 1. The van der Waals surface area contributed by atoms with Crippen LogP contribution >= 0.6 is 11.6 Å². The normalized spacial score (nSPS) is 15.1. The monoisotopic (exact) mass is 384 g/mol. The van der Waals surface area contributed by atoms with Gasteiger partial charge in [-0.2, -0.15) is 0 Å². The topological polar surface area (TPSA) is 80.6 Å². The molecular formula is C20H17ClN2O4. The molecule has 1 atom stereocenters. The van der Waals surface area contributed by atoms with Crippen LogP contribution in [0.25, 0.3) is 10.9 Å². The molecule has 27 heavy (non-hydrogen) atoms. The number of rotatable bonds is 3. The van der Waals surface area contributed by atoms with Gasteiger partial charge in [-0.25, -0.2) is 0 Å². The van der Waals surface area contributed by atoms with E-state index in [1.165, 1.54) is 13.2 Å². The van der Waals surface area contributed by atoms with Crippen molar-refractivity contribution >= 4 is 34.1 Å². The standard InChI is InChI=1S/C20H17ClN2O4/c1-10-8-11-4-3-5-13-17(11)23(10)20(26)16(18(13)24)19(25)22-14-9-12(21)6-7-15(14)27-2/h3-7,9-10,24H,8H2,1-2H3,(H,22,25)/t10-/m0/s1. The van der Waals surface area contributed by atoms with Crippen molar-refractivity contribution in [2.45, 2.75) is 19.4 Å². The van der Waals surface area contributed by atoms with Gasteiger partial charge in [0, 0.05) is 16.5 Å². The average molecular weight is 385 g/mol. The summed E-state index contributed by atoms with van der Waals surface area (Å²) in [5.74, 6) is -0.637. The maximum atomic E-state index is 13.0. The number of anilines is 1. The molecule has 2 heterocycles. The molecular weight excluding hydrogens is 368 g/mol. The minimum atomic E-state index is -0.715. The van der Waals surface area contributed by atoms with E-state index < -0.39 is 11.5 Å². The molecule has 7 heteroatoms. The summed E-state index contributed by atoms with van der Waals surface area (Å²) in [7, 11) is 1.46. The van der Waals surface area contributed by atoms with Crippen molar-refractivity contribution in [3.63, 3.8) is 0 Å². The number of hydrogen-bond acceptors (Lipinski definition) is 4. The van der Waals surface area contributed by atoms with Crippen molar-refractivity contribution in [1.82, 2.24) is 4.57 Å². The summed E-state index contributed by atoms with van der Waals surface area (Å²) in [6.07, 6.45) is 0.680. The second kappa shape index (κ2) is 6.32. The number of carbonyl (C=O) groups excluding carboxylic acids is 1. The van der Waals surface area contributed by atoms with Gasteiger partial charge in [-0.05, 0) is 43.2 Å². The van der Waals surface area contributed by atoms with Gasteiger partial charge in [-0.15, -0.1) is 0 Å². The summed E-state index contributed by atoms with van der Waals surface area (Å²) in [6, 6.07) is 10.1. The van der Waals surface area contributed by atoms with E-state index in [0.717, 1.165) is 5.56 Å². The molecule has 1 aromatic heterocycles. The van der Waals surface area contributed by atoms with Crippen LogP contribution in [-0.4, -0.2) is 22.7 Å². The van der Waals surface area contributed by atoms with Crippen LogP contribution in [0.3, 0.4) is 0 Å². The van der Waals surface area contributed by atoms with E-state index in [9.17, 15) is 14.7 Å². The highest BCUT2D eigenvalue weighted by Crippen LogP contribution is 2.36. The van der Waals surface area contributed by atoms with Gasteiger partial charge in [0.15, 0.2) is 0 Å². The zero-order chi connectivity index (χ0) is 19.3. The Bertz CT molecular complexity index is 1150. The average Bonchev–Trinajstić information content (AvgIpc) is 2.97. The van der Waals surface area contributed by atoms with Crippen LogP contribution in [0, 0.1) is 0 Å². The summed E-state index contributed by atoms with van der Waals surface area (Å²) in [4.78, 5) is 25.9. The molecule has 3 aromatic rings. The van der Waals surface area contributed by atoms with Crippen molar-refractivity contribution in [2.75, 3.05) is 12.4 Å². The highest BCUT2D eigenvalue weighted by molar-refractivity contribution is 6.31. The Morgan fingerprint density at radius 1 is 1.33 bits per heavy atom. The van der Waals surface area contributed by atoms with Crippen molar-refractivity contribution < 1.29 is 14.6 Å². The Morgan fingerprint density at radius 3 is 2.85 bits per heavy atom. The first-order chi connectivity index (χ1) is 12.9. The lowest BCUT2D eigenvalue weighted by atomic mass is 10.1. The highest BCUT2D eigenvalue weighted by Gasteiger charge is 2.29. The van der Waals surface area contributed by atoms with E-state index in [1.807, 2.05) is 19.1 Å². The van der Waals surface area contributed by atoms with Gasteiger partial charge in [0.05, 0.1) is 18.3 Å². The zero-order valence-electron chi connectivity index (χ0n) is 14.7. The van der Waals surface area contributed by atoms with E-state index in [0.29, 0.717) is 33.8 Å². The number of benzene rings is 2. The highest BCUT2D eigenvalue weighted by atomic mass is 35.5. The second-order valence-electron chi connectivity index (χ2n) is 6.56. The molecule has 2 N–H and O–H groups in total. The van der Waals surface area contributed by atoms with Gasteiger partial charge >= 0.3 is 0 Å².